The Bertz CT molecular complexity index is 180. The summed E-state index contributed by atoms with van der Waals surface area (Å²) in [5, 5.41) is 0. The van der Waals surface area contributed by atoms with Gasteiger partial charge in [0, 0.05) is 21.9 Å². The molecule has 0 aromatic rings. The highest BCUT2D eigenvalue weighted by atomic mass is 79.9. The van der Waals surface area contributed by atoms with E-state index in [1.54, 1.807) is 0 Å². The van der Waals surface area contributed by atoms with E-state index in [9.17, 15) is 4.79 Å². The number of hydroxylamine groups is 1. The summed E-state index contributed by atoms with van der Waals surface area (Å²) < 4.78 is 0. The van der Waals surface area contributed by atoms with Crippen LogP contribution in [0.25, 0.3) is 0 Å². The van der Waals surface area contributed by atoms with Crippen LogP contribution >= 0.6 is 15.9 Å². The lowest BCUT2D eigenvalue weighted by molar-refractivity contribution is -0.126. The number of hydrogen-bond donors (Lipinski definition) is 1. The predicted octanol–water partition coefficient (Wildman–Crippen LogP) is 0.576. The van der Waals surface area contributed by atoms with E-state index in [4.69, 9.17) is 0 Å². The predicted molar refractivity (Wildman–Crippen MR) is 41.0 cm³/mol. The number of carbonyl (C=O) groups is 1. The van der Waals surface area contributed by atoms with E-state index in [1.165, 1.54) is 6.08 Å². The molecule has 10 heavy (non-hydrogen) atoms. The zero-order valence-corrected chi connectivity index (χ0v) is 6.77. The Labute approximate surface area is 67.5 Å². The Kier molecular flexibility index (Phi) is 5.83. The van der Waals surface area contributed by atoms with Crippen molar-refractivity contribution in [3.8, 4) is 10.8 Å². The molecule has 0 aromatic carbocycles. The molecule has 0 aliphatic carbocycles. The topological polar surface area (TPSA) is 38.3 Å². The molecule has 0 saturated carbocycles. The van der Waals surface area contributed by atoms with Gasteiger partial charge in [0.05, 0.1) is 6.61 Å². The van der Waals surface area contributed by atoms with E-state index >= 15 is 0 Å². The lowest BCUT2D eigenvalue weighted by Gasteiger charge is -1.95. The van der Waals surface area contributed by atoms with Gasteiger partial charge in [-0.05, 0) is 4.83 Å². The second-order valence-electron chi connectivity index (χ2n) is 1.25. The molecular weight excluding hydrogens is 198 g/mol. The van der Waals surface area contributed by atoms with Gasteiger partial charge in [-0.1, -0.05) is 6.08 Å². The Morgan fingerprint density at radius 3 is 3.10 bits per heavy atom. The zero-order chi connectivity index (χ0) is 7.82. The van der Waals surface area contributed by atoms with Crippen LogP contribution in [-0.2, 0) is 9.63 Å². The maximum Gasteiger partial charge on any atom is 0.320 e. The zero-order valence-electron chi connectivity index (χ0n) is 5.19. The first-order valence-electron chi connectivity index (χ1n) is 2.45. The second-order valence-corrected chi connectivity index (χ2v) is 1.65. The monoisotopic (exact) mass is 203 g/mol. The van der Waals surface area contributed by atoms with Crippen LogP contribution in [0.15, 0.2) is 12.7 Å². The minimum Gasteiger partial charge on any atom is -0.269 e. The molecular formula is C6H6BrNO2. The first kappa shape index (κ1) is 9.21. The van der Waals surface area contributed by atoms with Gasteiger partial charge < -0.3 is 0 Å². The molecule has 1 N–H and O–H groups in total. The quantitative estimate of drug-likeness (QED) is 0.316. The summed E-state index contributed by atoms with van der Waals surface area (Å²) in [7, 11) is 0. The van der Waals surface area contributed by atoms with Crippen LogP contribution in [0.4, 0.5) is 0 Å². The fourth-order valence-corrected chi connectivity index (χ4v) is 0.415. The highest BCUT2D eigenvalue weighted by Crippen LogP contribution is 1.71. The number of rotatable bonds is 3. The van der Waals surface area contributed by atoms with Crippen LogP contribution in [-0.4, -0.2) is 12.5 Å². The third kappa shape index (κ3) is 5.35. The van der Waals surface area contributed by atoms with Crippen LogP contribution in [0, 0.1) is 10.8 Å². The fraction of sp³-hybridized carbons (Fsp3) is 0.167. The van der Waals surface area contributed by atoms with Crippen LogP contribution in [0.3, 0.4) is 0 Å². The van der Waals surface area contributed by atoms with Crippen molar-refractivity contribution in [3.05, 3.63) is 12.7 Å². The molecule has 0 heterocycles. The van der Waals surface area contributed by atoms with Crippen molar-refractivity contribution >= 4 is 21.8 Å². The number of halogens is 1. The van der Waals surface area contributed by atoms with Crippen LogP contribution in [0.5, 0.6) is 0 Å². The highest BCUT2D eigenvalue weighted by molar-refractivity contribution is 9.12. The molecule has 0 fully saturated rings. The first-order valence-corrected chi connectivity index (χ1v) is 3.25. The molecule has 0 radical (unpaired) electrons. The number of carbonyl (C=O) groups excluding carboxylic acids is 1. The molecule has 54 valence electrons. The first-order chi connectivity index (χ1) is 4.81. The summed E-state index contributed by atoms with van der Waals surface area (Å²) in [5.74, 6) is 1.67. The van der Waals surface area contributed by atoms with E-state index < -0.39 is 5.91 Å². The highest BCUT2D eigenvalue weighted by Gasteiger charge is 1.90. The molecule has 0 aliphatic heterocycles. The summed E-state index contributed by atoms with van der Waals surface area (Å²) >= 11 is 2.76. The molecule has 0 aliphatic rings. The molecule has 0 rings (SSSR count). The fourth-order valence-electron chi connectivity index (χ4n) is 0.235. The Hall–Kier alpha value is -0.790. The Morgan fingerprint density at radius 2 is 2.60 bits per heavy atom. The maximum absolute atomic E-state index is 10.4. The van der Waals surface area contributed by atoms with Crippen molar-refractivity contribution in [2.45, 2.75) is 0 Å². The third-order valence-corrected chi connectivity index (χ3v) is 0.725. The summed E-state index contributed by atoms with van der Waals surface area (Å²) in [6, 6.07) is 0. The normalized spacial score (nSPS) is 7.30. The summed E-state index contributed by atoms with van der Waals surface area (Å²) in [4.78, 5) is 17.2. The average Bonchev–Trinajstić information content (AvgIpc) is 1.89. The molecule has 0 bridgehead atoms. The van der Waals surface area contributed by atoms with Crippen molar-refractivity contribution in [1.29, 1.82) is 0 Å². The molecule has 1 amide bonds. The van der Waals surface area contributed by atoms with Crippen LogP contribution in [0.1, 0.15) is 0 Å². The Morgan fingerprint density at radius 1 is 1.90 bits per heavy atom. The summed E-state index contributed by atoms with van der Waals surface area (Å²) in [5.41, 5.74) is 2.07. The Balaban J connectivity index is 3.36. The molecule has 3 nitrogen and oxygen atoms in total. The van der Waals surface area contributed by atoms with Crippen molar-refractivity contribution < 1.29 is 9.63 Å². The van der Waals surface area contributed by atoms with Gasteiger partial charge in [-0.2, -0.15) is 0 Å². The standard InChI is InChI=1S/C6H6BrNO2/c1-2-5-10-8-6(9)3-4-7/h2H,1,5H2,(H,8,9). The van der Waals surface area contributed by atoms with E-state index in [0.717, 1.165) is 0 Å². The lowest BCUT2D eigenvalue weighted by atomic mass is 10.7. The average molecular weight is 204 g/mol. The van der Waals surface area contributed by atoms with Crippen molar-refractivity contribution in [1.82, 2.24) is 5.48 Å². The van der Waals surface area contributed by atoms with Crippen molar-refractivity contribution in [2.75, 3.05) is 6.61 Å². The number of nitrogens with one attached hydrogen (secondary N) is 1. The largest absolute Gasteiger partial charge is 0.320 e. The minimum atomic E-state index is -0.487. The SMILES string of the molecule is C=CCONC(=O)C#CBr. The molecule has 0 unspecified atom stereocenters. The van der Waals surface area contributed by atoms with Gasteiger partial charge in [-0.15, -0.1) is 6.58 Å². The van der Waals surface area contributed by atoms with Crippen LogP contribution < -0.4 is 5.48 Å². The van der Waals surface area contributed by atoms with E-state index in [1.807, 2.05) is 0 Å². The molecule has 0 atom stereocenters. The smallest absolute Gasteiger partial charge is 0.269 e. The summed E-state index contributed by atoms with van der Waals surface area (Å²) in [6.07, 6.45) is 1.52. The van der Waals surface area contributed by atoms with Gasteiger partial charge >= 0.3 is 5.91 Å². The second kappa shape index (κ2) is 6.33. The summed E-state index contributed by atoms with van der Waals surface area (Å²) in [6.45, 7) is 3.66. The molecule has 0 spiro atoms. The van der Waals surface area contributed by atoms with E-state index in [0.29, 0.717) is 0 Å². The molecule has 4 heteroatoms. The molecule has 0 aromatic heterocycles. The molecule has 0 saturated heterocycles. The van der Waals surface area contributed by atoms with Gasteiger partial charge in [0.15, 0.2) is 0 Å². The van der Waals surface area contributed by atoms with Gasteiger partial charge in [-0.3, -0.25) is 9.63 Å². The van der Waals surface area contributed by atoms with E-state index in [2.05, 4.69) is 43.6 Å². The minimum absolute atomic E-state index is 0.274. The number of hydrogen-bond acceptors (Lipinski definition) is 2. The van der Waals surface area contributed by atoms with Crippen molar-refractivity contribution in [2.24, 2.45) is 0 Å². The van der Waals surface area contributed by atoms with Gasteiger partial charge in [0.2, 0.25) is 0 Å². The van der Waals surface area contributed by atoms with Crippen LogP contribution in [0.2, 0.25) is 0 Å². The van der Waals surface area contributed by atoms with E-state index in [-0.39, 0.29) is 6.61 Å². The van der Waals surface area contributed by atoms with Gasteiger partial charge in [0.1, 0.15) is 0 Å². The maximum atomic E-state index is 10.4. The van der Waals surface area contributed by atoms with Gasteiger partial charge in [0.25, 0.3) is 0 Å². The third-order valence-electron chi connectivity index (χ3n) is 0.527. The van der Waals surface area contributed by atoms with Crippen molar-refractivity contribution in [3.63, 3.8) is 0 Å². The lowest BCUT2D eigenvalue weighted by Crippen LogP contribution is -2.21. The number of amides is 1. The van der Waals surface area contributed by atoms with Gasteiger partial charge in [-0.25, -0.2) is 5.48 Å².